The molecule has 7 heteroatoms. The van der Waals surface area contributed by atoms with Crippen molar-refractivity contribution in [1.29, 1.82) is 0 Å². The molecule has 4 aliphatic rings. The Labute approximate surface area is 228 Å². The summed E-state index contributed by atoms with van der Waals surface area (Å²) < 4.78 is 22.8. The fourth-order valence-electron chi connectivity index (χ4n) is 6.08. The van der Waals surface area contributed by atoms with Crippen molar-refractivity contribution in [2.75, 3.05) is 19.8 Å². The van der Waals surface area contributed by atoms with Crippen molar-refractivity contribution in [3.8, 4) is 0 Å². The first kappa shape index (κ1) is 29.0. The van der Waals surface area contributed by atoms with Gasteiger partial charge in [0.25, 0.3) is 0 Å². The molecule has 3 atom stereocenters. The third-order valence-electron chi connectivity index (χ3n) is 8.26. The van der Waals surface area contributed by atoms with E-state index in [1.54, 1.807) is 13.0 Å². The number of esters is 1. The van der Waals surface area contributed by atoms with E-state index in [9.17, 15) is 9.59 Å². The predicted molar refractivity (Wildman–Crippen MR) is 147 cm³/mol. The molecule has 1 aliphatic carbocycles. The van der Waals surface area contributed by atoms with Crippen LogP contribution in [0.4, 0.5) is 0 Å². The van der Waals surface area contributed by atoms with Gasteiger partial charge in [0.1, 0.15) is 6.10 Å². The van der Waals surface area contributed by atoms with Crippen molar-refractivity contribution in [3.05, 3.63) is 36.0 Å². The maximum absolute atomic E-state index is 12.4. The third kappa shape index (κ3) is 9.06. The van der Waals surface area contributed by atoms with E-state index in [2.05, 4.69) is 44.3 Å². The molecule has 4 fully saturated rings. The van der Waals surface area contributed by atoms with Crippen molar-refractivity contribution in [3.63, 3.8) is 0 Å². The smallest absolute Gasteiger partial charge is 0.309 e. The first-order valence-corrected chi connectivity index (χ1v) is 14.6. The first-order chi connectivity index (χ1) is 18.1. The number of hydrogen-bond acceptors (Lipinski definition) is 6. The van der Waals surface area contributed by atoms with Crippen molar-refractivity contribution in [2.45, 2.75) is 115 Å². The van der Waals surface area contributed by atoms with Crippen LogP contribution >= 0.6 is 0 Å². The van der Waals surface area contributed by atoms with E-state index in [0.29, 0.717) is 32.0 Å². The number of hydrogen-bond donors (Lipinski definition) is 1. The molecule has 0 aromatic carbocycles. The number of ether oxygens (including phenoxy) is 4. The van der Waals surface area contributed by atoms with Gasteiger partial charge in [-0.1, -0.05) is 23.8 Å². The second-order valence-corrected chi connectivity index (χ2v) is 12.4. The number of epoxide rings is 1. The molecule has 1 N–H and O–H groups in total. The normalized spacial score (nSPS) is 32.9. The van der Waals surface area contributed by atoms with Gasteiger partial charge in [-0.2, -0.15) is 0 Å². The largest absolute Gasteiger partial charge is 0.458 e. The van der Waals surface area contributed by atoms with Crippen LogP contribution in [0.3, 0.4) is 0 Å². The van der Waals surface area contributed by atoms with Gasteiger partial charge in [0.2, 0.25) is 5.91 Å². The molecule has 0 bridgehead atoms. The zero-order valence-corrected chi connectivity index (χ0v) is 23.7. The van der Waals surface area contributed by atoms with Gasteiger partial charge in [-0.25, -0.2) is 0 Å². The van der Waals surface area contributed by atoms with E-state index in [1.807, 2.05) is 0 Å². The standard InChI is InChI=1S/C31H47NO6/c1-22(6-13-27-19-31(21-36-31)20-30(3,4)38-27)5-8-24-9-11-26(12-10-24)32-28(33)14-7-23(2)37-29(34)25-15-17-35-18-16-25/h5-7,13-14,23-27H,8-12,15-21H2,1-4H3,(H,32,33)/t23?,24?,26?,27-,31-/m1/s1. The average molecular weight is 530 g/mol. The van der Waals surface area contributed by atoms with Crippen LogP contribution in [0.2, 0.25) is 0 Å². The van der Waals surface area contributed by atoms with Crippen molar-refractivity contribution in [1.82, 2.24) is 5.32 Å². The van der Waals surface area contributed by atoms with Crippen molar-refractivity contribution in [2.24, 2.45) is 11.8 Å². The monoisotopic (exact) mass is 529 g/mol. The van der Waals surface area contributed by atoms with E-state index < -0.39 is 6.10 Å². The summed E-state index contributed by atoms with van der Waals surface area (Å²) in [5, 5.41) is 3.12. The fraction of sp³-hybridized carbons (Fsp3) is 0.742. The minimum Gasteiger partial charge on any atom is -0.458 e. The molecule has 1 spiro atoms. The third-order valence-corrected chi connectivity index (χ3v) is 8.26. The molecular weight excluding hydrogens is 482 g/mol. The molecular formula is C31H47NO6. The lowest BCUT2D eigenvalue weighted by molar-refractivity contribution is -0.154. The van der Waals surface area contributed by atoms with Gasteiger partial charge in [-0.15, -0.1) is 0 Å². The van der Waals surface area contributed by atoms with Crippen LogP contribution in [0.5, 0.6) is 0 Å². The van der Waals surface area contributed by atoms with Crippen LogP contribution in [-0.2, 0) is 28.5 Å². The van der Waals surface area contributed by atoms with E-state index in [-0.39, 0.29) is 41.1 Å². The summed E-state index contributed by atoms with van der Waals surface area (Å²) in [7, 11) is 0. The van der Waals surface area contributed by atoms with Gasteiger partial charge < -0.3 is 24.3 Å². The minimum absolute atomic E-state index is 0.0496. The predicted octanol–water partition coefficient (Wildman–Crippen LogP) is 5.20. The molecule has 212 valence electrons. The van der Waals surface area contributed by atoms with Gasteiger partial charge in [0, 0.05) is 38.2 Å². The molecule has 38 heavy (non-hydrogen) atoms. The Hall–Kier alpha value is -1.96. The lowest BCUT2D eigenvalue weighted by atomic mass is 9.83. The lowest BCUT2D eigenvalue weighted by Crippen LogP contribution is -2.43. The second kappa shape index (κ2) is 12.9. The van der Waals surface area contributed by atoms with Gasteiger partial charge in [0.05, 0.1) is 29.8 Å². The molecule has 0 radical (unpaired) electrons. The van der Waals surface area contributed by atoms with Gasteiger partial charge in [-0.05, 0) is 84.6 Å². The number of allylic oxidation sites excluding steroid dienone is 3. The Bertz CT molecular complexity index is 897. The van der Waals surface area contributed by atoms with Gasteiger partial charge in [0.15, 0.2) is 0 Å². The van der Waals surface area contributed by atoms with Crippen LogP contribution in [0, 0.1) is 11.8 Å². The summed E-state index contributed by atoms with van der Waals surface area (Å²) in [5.41, 5.74) is 1.18. The van der Waals surface area contributed by atoms with Gasteiger partial charge in [-0.3, -0.25) is 9.59 Å². The van der Waals surface area contributed by atoms with E-state index in [0.717, 1.165) is 51.6 Å². The Morgan fingerprint density at radius 2 is 1.79 bits per heavy atom. The highest BCUT2D eigenvalue weighted by Gasteiger charge is 2.53. The van der Waals surface area contributed by atoms with Crippen LogP contribution in [0.25, 0.3) is 0 Å². The molecule has 1 saturated carbocycles. The highest BCUT2D eigenvalue weighted by Crippen LogP contribution is 2.46. The van der Waals surface area contributed by atoms with E-state index in [4.69, 9.17) is 18.9 Å². The summed E-state index contributed by atoms with van der Waals surface area (Å²) in [5.74, 6) is 0.243. The fourth-order valence-corrected chi connectivity index (χ4v) is 6.08. The Morgan fingerprint density at radius 3 is 2.47 bits per heavy atom. The van der Waals surface area contributed by atoms with Crippen LogP contribution in [-0.4, -0.2) is 61.1 Å². The zero-order valence-electron chi connectivity index (χ0n) is 23.7. The van der Waals surface area contributed by atoms with E-state index in [1.165, 1.54) is 11.6 Å². The summed E-state index contributed by atoms with van der Waals surface area (Å²) in [6, 6.07) is 0.206. The maximum atomic E-state index is 12.4. The van der Waals surface area contributed by atoms with Crippen molar-refractivity contribution >= 4 is 11.9 Å². The maximum Gasteiger partial charge on any atom is 0.309 e. The van der Waals surface area contributed by atoms with Crippen LogP contribution < -0.4 is 5.32 Å². The average Bonchev–Trinajstić information content (AvgIpc) is 3.62. The van der Waals surface area contributed by atoms with Crippen LogP contribution in [0.15, 0.2) is 36.0 Å². The molecule has 0 aromatic heterocycles. The summed E-state index contributed by atoms with van der Waals surface area (Å²) >= 11 is 0. The van der Waals surface area contributed by atoms with E-state index >= 15 is 0 Å². The molecule has 3 saturated heterocycles. The SMILES string of the molecule is CC(C=C[C@@H]1C[C@]2(CO2)CC(C)(C)O1)=CCC1CCC(NC(=O)C=CC(C)OC(=O)C2CCOCC2)CC1. The molecule has 1 unspecified atom stereocenters. The lowest BCUT2D eigenvalue weighted by Gasteiger charge is -2.38. The Balaban J connectivity index is 1.12. The molecule has 3 aliphatic heterocycles. The number of carbonyl (C=O) groups excluding carboxylic acids is 2. The Morgan fingerprint density at radius 1 is 1.08 bits per heavy atom. The number of nitrogens with one attached hydrogen (secondary N) is 1. The zero-order chi connectivity index (χ0) is 27.2. The quantitative estimate of drug-likeness (QED) is 0.191. The number of carbonyl (C=O) groups is 2. The highest BCUT2D eigenvalue weighted by molar-refractivity contribution is 5.87. The molecule has 7 nitrogen and oxygen atoms in total. The van der Waals surface area contributed by atoms with Crippen LogP contribution in [0.1, 0.15) is 85.5 Å². The summed E-state index contributed by atoms with van der Waals surface area (Å²) in [6.07, 6.45) is 18.2. The topological polar surface area (TPSA) is 86.4 Å². The Kier molecular flexibility index (Phi) is 9.88. The molecule has 4 rings (SSSR count). The first-order valence-electron chi connectivity index (χ1n) is 14.6. The van der Waals surface area contributed by atoms with Crippen molar-refractivity contribution < 1.29 is 28.5 Å². The summed E-state index contributed by atoms with van der Waals surface area (Å²) in [4.78, 5) is 24.6. The summed E-state index contributed by atoms with van der Waals surface area (Å²) in [6.45, 7) is 10.3. The highest BCUT2D eigenvalue weighted by atomic mass is 16.6. The minimum atomic E-state index is -0.421. The van der Waals surface area contributed by atoms with Gasteiger partial charge >= 0.3 is 5.97 Å². The molecule has 0 aromatic rings. The number of amides is 1. The molecule has 1 amide bonds. The molecule has 3 heterocycles. The second-order valence-electron chi connectivity index (χ2n) is 12.4. The number of rotatable bonds is 9.